The maximum absolute atomic E-state index is 13.6. The van der Waals surface area contributed by atoms with Crippen molar-refractivity contribution in [2.24, 2.45) is 5.92 Å². The van der Waals surface area contributed by atoms with Crippen LogP contribution < -0.4 is 14.2 Å². The molecule has 4 rings (SSSR count). The van der Waals surface area contributed by atoms with E-state index >= 15 is 0 Å². The Bertz CT molecular complexity index is 1230. The molecule has 2 heterocycles. The van der Waals surface area contributed by atoms with Crippen LogP contribution in [0.25, 0.3) is 6.08 Å². The number of esters is 1. The van der Waals surface area contributed by atoms with Crippen LogP contribution >= 0.6 is 0 Å². The number of hydrogen-bond donors (Lipinski definition) is 1. The molecule has 2 aliphatic heterocycles. The van der Waals surface area contributed by atoms with Crippen LogP contribution in [0.4, 0.5) is 0 Å². The van der Waals surface area contributed by atoms with E-state index in [1.807, 2.05) is 70.2 Å². The smallest absolute Gasteiger partial charge is 0.342 e. The largest absolute Gasteiger partial charge is 0.497 e. The second-order valence-corrected chi connectivity index (χ2v) is 10.7. The van der Waals surface area contributed by atoms with Gasteiger partial charge in [-0.25, -0.2) is 4.79 Å². The summed E-state index contributed by atoms with van der Waals surface area (Å²) in [5.41, 5.74) is 1.76. The molecule has 1 unspecified atom stereocenters. The third kappa shape index (κ3) is 7.89. The molecule has 5 atom stereocenters. The molecular formula is C32H40O9. The number of carbonyl (C=O) groups is 1. The van der Waals surface area contributed by atoms with Gasteiger partial charge in [0.25, 0.3) is 0 Å². The summed E-state index contributed by atoms with van der Waals surface area (Å²) in [6, 6.07) is 11.0. The van der Waals surface area contributed by atoms with E-state index in [2.05, 4.69) is 0 Å². The first-order chi connectivity index (χ1) is 19.6. The Morgan fingerprint density at radius 1 is 1.00 bits per heavy atom. The number of ether oxygens (including phenoxy) is 7. The molecule has 222 valence electrons. The lowest BCUT2D eigenvalue weighted by Gasteiger charge is -2.23. The van der Waals surface area contributed by atoms with Crippen LogP contribution in [0.2, 0.25) is 0 Å². The summed E-state index contributed by atoms with van der Waals surface area (Å²) in [5.74, 6) is -0.0229. The molecule has 1 N–H and O–H groups in total. The predicted molar refractivity (Wildman–Crippen MR) is 153 cm³/mol. The number of methoxy groups -OCH3 is 2. The van der Waals surface area contributed by atoms with Crippen LogP contribution in [0.1, 0.15) is 55.6 Å². The van der Waals surface area contributed by atoms with Crippen molar-refractivity contribution < 1.29 is 43.1 Å². The highest BCUT2D eigenvalue weighted by atomic mass is 16.8. The Balaban J connectivity index is 1.71. The average Bonchev–Trinajstić information content (AvgIpc) is 3.27. The molecular weight excluding hydrogens is 528 g/mol. The van der Waals surface area contributed by atoms with Crippen LogP contribution in [0.5, 0.6) is 17.2 Å². The van der Waals surface area contributed by atoms with Gasteiger partial charge in [0.1, 0.15) is 47.7 Å². The summed E-state index contributed by atoms with van der Waals surface area (Å²) >= 11 is 0. The van der Waals surface area contributed by atoms with Crippen molar-refractivity contribution in [1.82, 2.24) is 0 Å². The number of rotatable bonds is 7. The fourth-order valence-corrected chi connectivity index (χ4v) is 4.72. The van der Waals surface area contributed by atoms with Gasteiger partial charge in [-0.1, -0.05) is 43.4 Å². The van der Waals surface area contributed by atoms with Crippen LogP contribution in [0.15, 0.2) is 54.6 Å². The van der Waals surface area contributed by atoms with Gasteiger partial charge in [0, 0.05) is 19.1 Å². The Morgan fingerprint density at radius 3 is 2.46 bits per heavy atom. The molecule has 0 radical (unpaired) electrons. The van der Waals surface area contributed by atoms with Gasteiger partial charge in [0.2, 0.25) is 0 Å². The lowest BCUT2D eigenvalue weighted by molar-refractivity contribution is -0.152. The zero-order valence-corrected chi connectivity index (χ0v) is 24.5. The highest BCUT2D eigenvalue weighted by Gasteiger charge is 2.43. The van der Waals surface area contributed by atoms with Crippen molar-refractivity contribution in [3.8, 4) is 17.2 Å². The minimum Gasteiger partial charge on any atom is -0.497 e. The molecule has 2 aromatic carbocycles. The topological polar surface area (TPSA) is 102 Å². The quantitative estimate of drug-likeness (QED) is 0.271. The molecule has 0 amide bonds. The van der Waals surface area contributed by atoms with E-state index in [-0.39, 0.29) is 24.0 Å². The van der Waals surface area contributed by atoms with Gasteiger partial charge in [0.05, 0.1) is 13.2 Å². The molecule has 9 heteroatoms. The third-order valence-corrected chi connectivity index (χ3v) is 7.08. The molecule has 2 aliphatic rings. The van der Waals surface area contributed by atoms with Crippen molar-refractivity contribution >= 4 is 12.0 Å². The van der Waals surface area contributed by atoms with Gasteiger partial charge in [-0.05, 0) is 56.5 Å². The van der Waals surface area contributed by atoms with E-state index in [0.717, 1.165) is 11.3 Å². The van der Waals surface area contributed by atoms with Crippen LogP contribution in [0, 0.1) is 5.92 Å². The molecule has 1 saturated heterocycles. The molecule has 0 saturated carbocycles. The highest BCUT2D eigenvalue weighted by molar-refractivity contribution is 5.97. The summed E-state index contributed by atoms with van der Waals surface area (Å²) in [7, 11) is 3.13. The summed E-state index contributed by atoms with van der Waals surface area (Å²) < 4.78 is 40.3. The Morgan fingerprint density at radius 2 is 1.76 bits per heavy atom. The number of hydrogen-bond acceptors (Lipinski definition) is 9. The fraction of sp³-hybridized carbons (Fsp3) is 0.469. The van der Waals surface area contributed by atoms with Crippen LogP contribution in [-0.2, 0) is 25.6 Å². The maximum atomic E-state index is 13.6. The number of benzene rings is 2. The number of fused-ring (bicyclic) bond motifs is 2. The molecule has 41 heavy (non-hydrogen) atoms. The zero-order chi connectivity index (χ0) is 29.6. The number of aliphatic hydroxyl groups is 1. The standard InChI is InChI=1S/C32H40O9/c1-20-10-15-26(33)30-27(40-32(3,4)41-30)9-7-8-23-16-25(37-18-22-11-13-24(36-6)14-12-22)17-28(38-19-35-5)29(23)31(34)39-21(20)2/h7-8,10-17,20-21,26-27,30,33H,9,18-19H2,1-6H3/b8-7+,15-10-/t20-,21+,26+,27+,30?/m1/s1. The Kier molecular flexibility index (Phi) is 10.1. The van der Waals surface area contributed by atoms with Crippen molar-refractivity contribution in [3.05, 3.63) is 71.3 Å². The fourth-order valence-electron chi connectivity index (χ4n) is 4.72. The van der Waals surface area contributed by atoms with Crippen LogP contribution in [-0.4, -0.2) is 62.3 Å². The zero-order valence-electron chi connectivity index (χ0n) is 24.5. The van der Waals surface area contributed by atoms with Crippen molar-refractivity contribution in [3.63, 3.8) is 0 Å². The summed E-state index contributed by atoms with van der Waals surface area (Å²) in [6.45, 7) is 7.61. The summed E-state index contributed by atoms with van der Waals surface area (Å²) in [6.07, 6.45) is 5.31. The molecule has 0 aliphatic carbocycles. The first-order valence-electron chi connectivity index (χ1n) is 13.7. The average molecular weight is 569 g/mol. The monoisotopic (exact) mass is 568 g/mol. The van der Waals surface area contributed by atoms with Gasteiger partial charge in [-0.15, -0.1) is 0 Å². The minimum atomic E-state index is -0.886. The van der Waals surface area contributed by atoms with Gasteiger partial charge in [-0.2, -0.15) is 0 Å². The Labute approximate surface area is 241 Å². The van der Waals surface area contributed by atoms with Gasteiger partial charge >= 0.3 is 5.97 Å². The number of aliphatic hydroxyl groups excluding tert-OH is 1. The van der Waals surface area contributed by atoms with Crippen molar-refractivity contribution in [2.45, 2.75) is 70.9 Å². The van der Waals surface area contributed by atoms with E-state index in [1.165, 1.54) is 7.11 Å². The molecule has 0 aromatic heterocycles. The lowest BCUT2D eigenvalue weighted by Crippen LogP contribution is -2.34. The van der Waals surface area contributed by atoms with E-state index in [9.17, 15) is 9.90 Å². The van der Waals surface area contributed by atoms with Gasteiger partial charge < -0.3 is 38.3 Å². The summed E-state index contributed by atoms with van der Waals surface area (Å²) in [4.78, 5) is 13.6. The second-order valence-electron chi connectivity index (χ2n) is 10.7. The lowest BCUT2D eigenvalue weighted by atomic mass is 9.99. The molecule has 2 aromatic rings. The molecule has 1 fully saturated rings. The van der Waals surface area contributed by atoms with E-state index in [0.29, 0.717) is 24.3 Å². The normalized spacial score (nSPS) is 27.5. The van der Waals surface area contributed by atoms with E-state index in [1.54, 1.807) is 25.3 Å². The molecule has 0 spiro atoms. The first-order valence-corrected chi connectivity index (χ1v) is 13.7. The predicted octanol–water partition coefficient (Wildman–Crippen LogP) is 5.29. The van der Waals surface area contributed by atoms with Gasteiger partial charge in [0.15, 0.2) is 12.6 Å². The van der Waals surface area contributed by atoms with E-state index in [4.69, 9.17) is 33.2 Å². The van der Waals surface area contributed by atoms with Crippen molar-refractivity contribution in [1.29, 1.82) is 0 Å². The molecule has 9 nitrogen and oxygen atoms in total. The third-order valence-electron chi connectivity index (χ3n) is 7.08. The SMILES string of the molecule is COCOc1cc(OCc2ccc(OC)cc2)cc2c1C(=O)O[C@@H](C)[C@H](C)/C=C\[C@H](O)C1OC(C)(C)O[C@H]1C/C=C/2. The highest BCUT2D eigenvalue weighted by Crippen LogP contribution is 2.35. The maximum Gasteiger partial charge on any atom is 0.342 e. The first kappa shape index (κ1) is 30.6. The molecule has 0 bridgehead atoms. The van der Waals surface area contributed by atoms with Crippen molar-refractivity contribution in [2.75, 3.05) is 21.0 Å². The van der Waals surface area contributed by atoms with E-state index < -0.39 is 36.2 Å². The van der Waals surface area contributed by atoms with Crippen LogP contribution in [0.3, 0.4) is 0 Å². The van der Waals surface area contributed by atoms with Gasteiger partial charge in [-0.3, -0.25) is 0 Å². The second kappa shape index (κ2) is 13.5. The summed E-state index contributed by atoms with van der Waals surface area (Å²) in [5, 5.41) is 10.9. The Hall–Kier alpha value is -3.37. The number of carbonyl (C=O) groups excluding carboxylic acids is 1. The minimum absolute atomic E-state index is 0.0675. The number of cyclic esters (lactones) is 1.